The van der Waals surface area contributed by atoms with Gasteiger partial charge in [0.25, 0.3) is 0 Å². The normalized spacial score (nSPS) is 19.1. The van der Waals surface area contributed by atoms with Gasteiger partial charge in [0.15, 0.2) is 9.84 Å². The Balaban J connectivity index is 2.21. The van der Waals surface area contributed by atoms with Crippen LogP contribution in [0.15, 0.2) is 6.07 Å². The van der Waals surface area contributed by atoms with E-state index in [1.807, 2.05) is 11.0 Å². The van der Waals surface area contributed by atoms with Gasteiger partial charge in [0, 0.05) is 19.2 Å². The maximum absolute atomic E-state index is 11.3. The smallest absolute Gasteiger partial charge is 0.319 e. The largest absolute Gasteiger partial charge is 0.467 e. The molecule has 0 unspecified atom stereocenters. The Morgan fingerprint density at radius 2 is 2.00 bits per heavy atom. The summed E-state index contributed by atoms with van der Waals surface area (Å²) in [4.78, 5) is 10.2. The Kier molecular flexibility index (Phi) is 3.71. The van der Waals surface area contributed by atoms with Crippen LogP contribution in [0, 0.1) is 3.70 Å². The van der Waals surface area contributed by atoms with Crippen LogP contribution in [-0.2, 0) is 9.84 Å². The molecule has 0 aliphatic carbocycles. The molecule has 0 spiro atoms. The molecule has 94 valence electrons. The molecule has 1 aromatic heterocycles. The van der Waals surface area contributed by atoms with Gasteiger partial charge in [-0.1, -0.05) is 0 Å². The Morgan fingerprint density at radius 3 is 2.59 bits per heavy atom. The molecule has 1 saturated heterocycles. The molecule has 17 heavy (non-hydrogen) atoms. The number of aromatic nitrogens is 2. The molecule has 8 heteroatoms. The van der Waals surface area contributed by atoms with Gasteiger partial charge in [-0.2, -0.15) is 9.97 Å². The van der Waals surface area contributed by atoms with E-state index in [2.05, 4.69) is 32.6 Å². The Bertz CT molecular complexity index is 506. The monoisotopic (exact) mass is 369 g/mol. The second-order valence-corrected chi connectivity index (χ2v) is 7.08. The van der Waals surface area contributed by atoms with Gasteiger partial charge in [0.2, 0.25) is 0 Å². The van der Waals surface area contributed by atoms with Gasteiger partial charge in [-0.25, -0.2) is 8.42 Å². The van der Waals surface area contributed by atoms with Crippen molar-refractivity contribution in [1.82, 2.24) is 9.97 Å². The van der Waals surface area contributed by atoms with Crippen molar-refractivity contribution in [2.75, 3.05) is 36.6 Å². The summed E-state index contributed by atoms with van der Waals surface area (Å²) in [5, 5.41) is 0. The lowest BCUT2D eigenvalue weighted by Gasteiger charge is -2.27. The maximum atomic E-state index is 11.3. The van der Waals surface area contributed by atoms with E-state index in [0.717, 1.165) is 9.52 Å². The first-order valence-electron chi connectivity index (χ1n) is 5.04. The maximum Gasteiger partial charge on any atom is 0.319 e. The minimum atomic E-state index is -2.87. The third kappa shape index (κ3) is 3.18. The van der Waals surface area contributed by atoms with Crippen LogP contribution < -0.4 is 9.64 Å². The number of hydrogen-bond donors (Lipinski definition) is 0. The summed E-state index contributed by atoms with van der Waals surface area (Å²) >= 11 is 2.08. The number of halogens is 1. The fourth-order valence-corrected chi connectivity index (χ4v) is 3.27. The zero-order valence-electron chi connectivity index (χ0n) is 9.26. The van der Waals surface area contributed by atoms with Crippen LogP contribution in [0.1, 0.15) is 0 Å². The molecule has 0 atom stereocenters. The van der Waals surface area contributed by atoms with Crippen molar-refractivity contribution in [2.45, 2.75) is 0 Å². The quantitative estimate of drug-likeness (QED) is 0.553. The lowest BCUT2D eigenvalue weighted by molar-refractivity contribution is 0.378. The summed E-state index contributed by atoms with van der Waals surface area (Å²) in [6, 6.07) is 2.13. The predicted molar refractivity (Wildman–Crippen MR) is 72.2 cm³/mol. The number of nitrogens with zero attached hydrogens (tertiary/aromatic N) is 3. The van der Waals surface area contributed by atoms with E-state index >= 15 is 0 Å². The number of rotatable bonds is 2. The second-order valence-electron chi connectivity index (χ2n) is 3.67. The van der Waals surface area contributed by atoms with E-state index in [1.54, 1.807) is 0 Å². The van der Waals surface area contributed by atoms with Crippen molar-refractivity contribution in [3.05, 3.63) is 9.77 Å². The highest BCUT2D eigenvalue weighted by Gasteiger charge is 2.23. The van der Waals surface area contributed by atoms with Gasteiger partial charge in [-0.15, -0.1) is 0 Å². The standard InChI is InChI=1S/C9H12IN3O3S/c1-16-9-11-7(10)6-8(12-9)13-2-4-17(14,15)5-3-13/h6H,2-5H2,1H3. The predicted octanol–water partition coefficient (Wildman–Crippen LogP) is 0.325. The van der Waals surface area contributed by atoms with Crippen molar-refractivity contribution in [3.8, 4) is 6.01 Å². The molecular formula is C9H12IN3O3S. The third-order valence-corrected chi connectivity index (χ3v) is 4.67. The molecule has 0 radical (unpaired) electrons. The van der Waals surface area contributed by atoms with E-state index in [1.165, 1.54) is 7.11 Å². The van der Waals surface area contributed by atoms with Crippen LogP contribution in [0.5, 0.6) is 6.01 Å². The van der Waals surface area contributed by atoms with Crippen LogP contribution in [0.2, 0.25) is 0 Å². The molecule has 1 aliphatic heterocycles. The molecule has 1 fully saturated rings. The fraction of sp³-hybridized carbons (Fsp3) is 0.556. The van der Waals surface area contributed by atoms with Crippen LogP contribution in [0.3, 0.4) is 0 Å². The number of ether oxygens (including phenoxy) is 1. The van der Waals surface area contributed by atoms with E-state index in [-0.39, 0.29) is 11.5 Å². The number of sulfone groups is 1. The van der Waals surface area contributed by atoms with Crippen molar-refractivity contribution in [2.24, 2.45) is 0 Å². The van der Waals surface area contributed by atoms with Gasteiger partial charge in [0.05, 0.1) is 18.6 Å². The molecule has 2 heterocycles. The van der Waals surface area contributed by atoms with E-state index in [9.17, 15) is 8.42 Å². The summed E-state index contributed by atoms with van der Waals surface area (Å²) in [5.41, 5.74) is 0. The first-order valence-corrected chi connectivity index (χ1v) is 7.94. The van der Waals surface area contributed by atoms with Crippen molar-refractivity contribution < 1.29 is 13.2 Å². The summed E-state index contributed by atoms with van der Waals surface area (Å²) in [6.45, 7) is 0.942. The first kappa shape index (κ1) is 12.8. The molecule has 0 N–H and O–H groups in total. The minimum absolute atomic E-state index is 0.176. The molecular weight excluding hydrogens is 357 g/mol. The van der Waals surface area contributed by atoms with E-state index < -0.39 is 9.84 Å². The van der Waals surface area contributed by atoms with Crippen LogP contribution >= 0.6 is 22.6 Å². The number of methoxy groups -OCH3 is 1. The second kappa shape index (κ2) is 4.92. The van der Waals surface area contributed by atoms with Crippen molar-refractivity contribution in [1.29, 1.82) is 0 Å². The van der Waals surface area contributed by atoms with Crippen LogP contribution in [-0.4, -0.2) is 50.1 Å². The number of hydrogen-bond acceptors (Lipinski definition) is 6. The zero-order chi connectivity index (χ0) is 12.5. The Labute approximate surface area is 113 Å². The molecule has 1 aliphatic rings. The molecule has 0 bridgehead atoms. The van der Waals surface area contributed by atoms with Gasteiger partial charge in [0.1, 0.15) is 9.52 Å². The highest BCUT2D eigenvalue weighted by atomic mass is 127. The first-order chi connectivity index (χ1) is 8.00. The highest BCUT2D eigenvalue weighted by molar-refractivity contribution is 14.1. The fourth-order valence-electron chi connectivity index (χ4n) is 1.58. The zero-order valence-corrected chi connectivity index (χ0v) is 12.2. The van der Waals surface area contributed by atoms with Crippen LogP contribution in [0.4, 0.5) is 5.82 Å². The number of anilines is 1. The van der Waals surface area contributed by atoms with Crippen molar-refractivity contribution in [3.63, 3.8) is 0 Å². The van der Waals surface area contributed by atoms with Crippen LogP contribution in [0.25, 0.3) is 0 Å². The van der Waals surface area contributed by atoms with Gasteiger partial charge >= 0.3 is 6.01 Å². The molecule has 1 aromatic rings. The lowest BCUT2D eigenvalue weighted by Crippen LogP contribution is -2.40. The van der Waals surface area contributed by atoms with Gasteiger partial charge in [-0.3, -0.25) is 0 Å². The van der Waals surface area contributed by atoms with Gasteiger partial charge < -0.3 is 9.64 Å². The molecule has 2 rings (SSSR count). The molecule has 6 nitrogen and oxygen atoms in total. The topological polar surface area (TPSA) is 72.4 Å². The molecule has 0 amide bonds. The molecule has 0 aromatic carbocycles. The lowest BCUT2D eigenvalue weighted by atomic mass is 10.4. The summed E-state index contributed by atoms with van der Waals surface area (Å²) in [6.07, 6.45) is 0. The summed E-state index contributed by atoms with van der Waals surface area (Å²) in [7, 11) is -1.36. The average Bonchev–Trinajstić information content (AvgIpc) is 2.28. The summed E-state index contributed by atoms with van der Waals surface area (Å²) in [5.74, 6) is 1.07. The highest BCUT2D eigenvalue weighted by Crippen LogP contribution is 2.19. The third-order valence-electron chi connectivity index (χ3n) is 2.51. The van der Waals surface area contributed by atoms with Crippen molar-refractivity contribution >= 4 is 38.2 Å². The van der Waals surface area contributed by atoms with Gasteiger partial charge in [-0.05, 0) is 22.6 Å². The minimum Gasteiger partial charge on any atom is -0.467 e. The molecule has 0 saturated carbocycles. The van der Waals surface area contributed by atoms with E-state index in [0.29, 0.717) is 19.1 Å². The SMILES string of the molecule is COc1nc(I)cc(N2CCS(=O)(=O)CC2)n1. The Morgan fingerprint density at radius 1 is 1.35 bits per heavy atom. The van der Waals surface area contributed by atoms with E-state index in [4.69, 9.17) is 4.74 Å². The summed E-state index contributed by atoms with van der Waals surface area (Å²) < 4.78 is 28.4. The Hall–Kier alpha value is -0.640. The average molecular weight is 369 g/mol.